The zero-order chi connectivity index (χ0) is 18.5. The van der Waals surface area contributed by atoms with E-state index in [-0.39, 0.29) is 25.2 Å². The monoisotopic (exact) mass is 354 g/mol. The van der Waals surface area contributed by atoms with E-state index in [2.05, 4.69) is 0 Å². The van der Waals surface area contributed by atoms with Crippen LogP contribution in [0.3, 0.4) is 0 Å². The Morgan fingerprint density at radius 1 is 1.12 bits per heavy atom. The van der Waals surface area contributed by atoms with Crippen LogP contribution in [0.4, 0.5) is 0 Å². The van der Waals surface area contributed by atoms with Gasteiger partial charge in [0, 0.05) is 24.6 Å². The molecule has 0 spiro atoms. The first-order valence-electron chi connectivity index (χ1n) is 8.61. The van der Waals surface area contributed by atoms with E-state index in [0.29, 0.717) is 30.0 Å². The molecule has 0 aliphatic carbocycles. The van der Waals surface area contributed by atoms with Crippen LogP contribution in [0.1, 0.15) is 29.3 Å². The zero-order valence-electron chi connectivity index (χ0n) is 14.7. The molecule has 6 nitrogen and oxygen atoms in total. The highest BCUT2D eigenvalue weighted by atomic mass is 16.7. The van der Waals surface area contributed by atoms with E-state index in [4.69, 9.17) is 15.2 Å². The molecule has 2 N–H and O–H groups in total. The van der Waals surface area contributed by atoms with Crippen molar-refractivity contribution in [3.05, 3.63) is 59.7 Å². The van der Waals surface area contributed by atoms with Gasteiger partial charge in [0.25, 0.3) is 5.91 Å². The van der Waals surface area contributed by atoms with Gasteiger partial charge < -0.3 is 20.1 Å². The van der Waals surface area contributed by atoms with Gasteiger partial charge in [-0.3, -0.25) is 9.59 Å². The second-order valence-electron chi connectivity index (χ2n) is 6.17. The molecule has 0 radical (unpaired) electrons. The first-order valence-corrected chi connectivity index (χ1v) is 8.61. The van der Waals surface area contributed by atoms with E-state index in [9.17, 15) is 9.59 Å². The molecule has 136 valence electrons. The Morgan fingerprint density at radius 3 is 2.54 bits per heavy atom. The lowest BCUT2D eigenvalue weighted by atomic mass is 10.00. The number of hydrogen-bond acceptors (Lipinski definition) is 4. The predicted molar refractivity (Wildman–Crippen MR) is 97.0 cm³/mol. The third-order valence-corrected chi connectivity index (χ3v) is 4.41. The van der Waals surface area contributed by atoms with Crippen molar-refractivity contribution in [1.29, 1.82) is 0 Å². The summed E-state index contributed by atoms with van der Waals surface area (Å²) in [5.74, 6) is 0.597. The third kappa shape index (κ3) is 3.96. The highest BCUT2D eigenvalue weighted by Crippen LogP contribution is 2.33. The van der Waals surface area contributed by atoms with Gasteiger partial charge >= 0.3 is 0 Å². The summed E-state index contributed by atoms with van der Waals surface area (Å²) >= 11 is 0. The van der Waals surface area contributed by atoms with Crippen molar-refractivity contribution in [3.63, 3.8) is 0 Å². The maximum Gasteiger partial charge on any atom is 0.254 e. The average Bonchev–Trinajstić information content (AvgIpc) is 3.10. The smallest absolute Gasteiger partial charge is 0.254 e. The average molecular weight is 354 g/mol. The van der Waals surface area contributed by atoms with Gasteiger partial charge in [-0.05, 0) is 37.1 Å². The quantitative estimate of drug-likeness (QED) is 0.827. The minimum atomic E-state index is -0.428. The molecule has 26 heavy (non-hydrogen) atoms. The lowest BCUT2D eigenvalue weighted by Crippen LogP contribution is -2.43. The van der Waals surface area contributed by atoms with Crippen LogP contribution in [0, 0.1) is 0 Å². The van der Waals surface area contributed by atoms with E-state index in [1.54, 1.807) is 23.1 Å². The van der Waals surface area contributed by atoms with Gasteiger partial charge in [-0.1, -0.05) is 30.3 Å². The van der Waals surface area contributed by atoms with Crippen molar-refractivity contribution in [2.45, 2.75) is 25.8 Å². The molecule has 1 unspecified atom stereocenters. The number of ether oxygens (including phenoxy) is 2. The Balaban J connectivity index is 1.84. The van der Waals surface area contributed by atoms with Crippen LogP contribution in [-0.2, 0) is 11.2 Å². The predicted octanol–water partition coefficient (Wildman–Crippen LogP) is 2.36. The van der Waals surface area contributed by atoms with Crippen LogP contribution in [-0.4, -0.2) is 36.1 Å². The number of nitrogens with two attached hydrogens (primary N) is 1. The fraction of sp³-hybridized carbons (Fsp3) is 0.300. The lowest BCUT2D eigenvalue weighted by Gasteiger charge is -2.30. The van der Waals surface area contributed by atoms with Crippen molar-refractivity contribution in [1.82, 2.24) is 4.90 Å². The highest BCUT2D eigenvalue weighted by Gasteiger charge is 2.26. The molecular weight excluding hydrogens is 332 g/mol. The zero-order valence-corrected chi connectivity index (χ0v) is 14.7. The molecule has 1 aliphatic heterocycles. The second-order valence-corrected chi connectivity index (χ2v) is 6.17. The molecule has 0 aromatic heterocycles. The van der Waals surface area contributed by atoms with Crippen LogP contribution in [0.25, 0.3) is 0 Å². The molecule has 1 aliphatic rings. The Bertz CT molecular complexity index is 792. The third-order valence-electron chi connectivity index (χ3n) is 4.41. The molecule has 1 atom stereocenters. The summed E-state index contributed by atoms with van der Waals surface area (Å²) in [5.41, 5.74) is 6.99. The number of amides is 2. The molecule has 2 aromatic carbocycles. The van der Waals surface area contributed by atoms with Gasteiger partial charge in [-0.2, -0.15) is 0 Å². The van der Waals surface area contributed by atoms with E-state index in [1.807, 2.05) is 37.3 Å². The molecule has 1 heterocycles. The fourth-order valence-corrected chi connectivity index (χ4v) is 3.17. The maximum atomic E-state index is 13.1. The van der Waals surface area contributed by atoms with Crippen LogP contribution < -0.4 is 15.2 Å². The number of hydrogen-bond donors (Lipinski definition) is 1. The molecule has 0 saturated carbocycles. The first-order chi connectivity index (χ1) is 12.6. The largest absolute Gasteiger partial charge is 0.454 e. The molecule has 2 aromatic rings. The number of fused-ring (bicyclic) bond motifs is 1. The molecule has 3 rings (SSSR count). The van der Waals surface area contributed by atoms with Gasteiger partial charge in [-0.25, -0.2) is 0 Å². The minimum Gasteiger partial charge on any atom is -0.454 e. The van der Waals surface area contributed by atoms with Crippen molar-refractivity contribution in [2.24, 2.45) is 5.73 Å². The summed E-state index contributed by atoms with van der Waals surface area (Å²) in [4.78, 5) is 26.3. The Morgan fingerprint density at radius 2 is 1.85 bits per heavy atom. The van der Waals surface area contributed by atoms with Crippen LogP contribution in [0.2, 0.25) is 0 Å². The Kier molecular flexibility index (Phi) is 5.41. The number of likely N-dealkylation sites (N-methyl/N-ethyl adjacent to an activating group) is 1. The SMILES string of the molecule is CCN(C(=O)c1ccc2c(c1)OCO2)C(CC(N)=O)Cc1ccccc1. The minimum absolute atomic E-state index is 0.110. The molecule has 0 bridgehead atoms. The lowest BCUT2D eigenvalue weighted by molar-refractivity contribution is -0.119. The van der Waals surface area contributed by atoms with E-state index < -0.39 is 5.91 Å². The van der Waals surface area contributed by atoms with Gasteiger partial charge in [0.05, 0.1) is 0 Å². The summed E-state index contributed by atoms with van der Waals surface area (Å²) in [5, 5.41) is 0. The molecule has 2 amide bonds. The van der Waals surface area contributed by atoms with Crippen LogP contribution in [0.5, 0.6) is 11.5 Å². The van der Waals surface area contributed by atoms with Crippen molar-refractivity contribution < 1.29 is 19.1 Å². The summed E-state index contributed by atoms with van der Waals surface area (Å²) in [7, 11) is 0. The number of benzene rings is 2. The summed E-state index contributed by atoms with van der Waals surface area (Å²) in [6.07, 6.45) is 0.674. The van der Waals surface area contributed by atoms with E-state index in [1.165, 1.54) is 0 Å². The topological polar surface area (TPSA) is 81.9 Å². The number of carbonyl (C=O) groups is 2. The summed E-state index contributed by atoms with van der Waals surface area (Å²) in [6, 6.07) is 14.6. The normalized spacial score (nSPS) is 13.3. The molecule has 0 fully saturated rings. The Labute approximate surface area is 152 Å². The fourth-order valence-electron chi connectivity index (χ4n) is 3.17. The first kappa shape index (κ1) is 17.8. The van der Waals surface area contributed by atoms with Gasteiger partial charge in [0.15, 0.2) is 11.5 Å². The molecular formula is C20H22N2O4. The Hall–Kier alpha value is -3.02. The standard InChI is InChI=1S/C20H22N2O4/c1-2-22(16(12-19(21)23)10-14-6-4-3-5-7-14)20(24)15-8-9-17-18(11-15)26-13-25-17/h3-9,11,16H,2,10,12-13H2,1H3,(H2,21,23). The van der Waals surface area contributed by atoms with E-state index in [0.717, 1.165) is 5.56 Å². The second kappa shape index (κ2) is 7.91. The van der Waals surface area contributed by atoms with Crippen LogP contribution in [0.15, 0.2) is 48.5 Å². The molecule has 0 saturated heterocycles. The van der Waals surface area contributed by atoms with E-state index >= 15 is 0 Å². The molecule has 6 heteroatoms. The highest BCUT2D eigenvalue weighted by molar-refractivity contribution is 5.95. The van der Waals surface area contributed by atoms with Gasteiger partial charge in [0.2, 0.25) is 12.7 Å². The number of nitrogens with zero attached hydrogens (tertiary/aromatic N) is 1. The van der Waals surface area contributed by atoms with Crippen molar-refractivity contribution in [3.8, 4) is 11.5 Å². The summed E-state index contributed by atoms with van der Waals surface area (Å²) in [6.45, 7) is 2.52. The van der Waals surface area contributed by atoms with Crippen molar-refractivity contribution >= 4 is 11.8 Å². The maximum absolute atomic E-state index is 13.1. The van der Waals surface area contributed by atoms with Crippen LogP contribution >= 0.6 is 0 Å². The van der Waals surface area contributed by atoms with Gasteiger partial charge in [-0.15, -0.1) is 0 Å². The number of carbonyl (C=O) groups excluding carboxylic acids is 2. The number of rotatable bonds is 7. The van der Waals surface area contributed by atoms with Crippen molar-refractivity contribution in [2.75, 3.05) is 13.3 Å². The van der Waals surface area contributed by atoms with Gasteiger partial charge in [0.1, 0.15) is 0 Å². The number of primary amides is 1. The summed E-state index contributed by atoms with van der Waals surface area (Å²) < 4.78 is 10.6.